The number of aromatic hydroxyl groups is 2. The third kappa shape index (κ3) is 3.14. The summed E-state index contributed by atoms with van der Waals surface area (Å²) in [4.78, 5) is 5.72. The molecule has 0 aliphatic carbocycles. The number of nitrogens with zero attached hydrogens (tertiary/aromatic N) is 4. The molecule has 0 atom stereocenters. The standard InChI is InChI=1S/C19H18N4O4S/c1-26-9-10-27-22-8-7-13-14(3-2-4-15(13)22)18-19(28)20-21-23(18)16-6-5-12(24)11-17(16)25/h2-8,11,24-25,28H,9-10H2,1H3. The van der Waals surface area contributed by atoms with Gasteiger partial charge in [-0.3, -0.25) is 0 Å². The number of aromatic nitrogens is 4. The van der Waals surface area contributed by atoms with Crippen LogP contribution >= 0.6 is 12.6 Å². The topological polar surface area (TPSA) is 94.6 Å². The van der Waals surface area contributed by atoms with Crippen molar-refractivity contribution in [1.29, 1.82) is 0 Å². The van der Waals surface area contributed by atoms with E-state index in [9.17, 15) is 10.2 Å². The molecule has 0 saturated carbocycles. The molecule has 0 saturated heterocycles. The summed E-state index contributed by atoms with van der Waals surface area (Å²) in [6, 6.07) is 12.0. The molecule has 2 aromatic carbocycles. The Morgan fingerprint density at radius 1 is 1.11 bits per heavy atom. The van der Waals surface area contributed by atoms with Crippen LogP contribution in [0.4, 0.5) is 0 Å². The van der Waals surface area contributed by atoms with Gasteiger partial charge in [0.1, 0.15) is 34.5 Å². The number of hydrogen-bond donors (Lipinski definition) is 3. The Morgan fingerprint density at radius 3 is 2.75 bits per heavy atom. The second kappa shape index (κ2) is 7.45. The maximum absolute atomic E-state index is 10.3. The molecule has 28 heavy (non-hydrogen) atoms. The predicted molar refractivity (Wildman–Crippen MR) is 106 cm³/mol. The lowest BCUT2D eigenvalue weighted by Gasteiger charge is -2.11. The van der Waals surface area contributed by atoms with Gasteiger partial charge in [0.2, 0.25) is 0 Å². The lowest BCUT2D eigenvalue weighted by molar-refractivity contribution is 0.0639. The van der Waals surface area contributed by atoms with E-state index in [1.807, 2.05) is 30.5 Å². The van der Waals surface area contributed by atoms with Crippen LogP contribution in [-0.2, 0) is 4.74 Å². The minimum atomic E-state index is -0.118. The third-order valence-corrected chi connectivity index (χ3v) is 4.61. The third-order valence-electron chi connectivity index (χ3n) is 4.31. The number of rotatable bonds is 6. The van der Waals surface area contributed by atoms with E-state index >= 15 is 0 Å². The summed E-state index contributed by atoms with van der Waals surface area (Å²) in [5, 5.41) is 29.3. The lowest BCUT2D eigenvalue weighted by atomic mass is 10.1. The van der Waals surface area contributed by atoms with Crippen LogP contribution < -0.4 is 4.84 Å². The summed E-state index contributed by atoms with van der Waals surface area (Å²) in [6.07, 6.45) is 1.83. The van der Waals surface area contributed by atoms with Crippen molar-refractivity contribution in [3.8, 4) is 28.4 Å². The molecule has 0 aliphatic heterocycles. The maximum Gasteiger partial charge on any atom is 0.145 e. The molecule has 8 nitrogen and oxygen atoms in total. The molecule has 144 valence electrons. The van der Waals surface area contributed by atoms with Gasteiger partial charge in [-0.25, -0.2) is 4.68 Å². The largest absolute Gasteiger partial charge is 0.508 e. The highest BCUT2D eigenvalue weighted by molar-refractivity contribution is 7.80. The minimum absolute atomic E-state index is 0.0404. The van der Waals surface area contributed by atoms with E-state index in [1.54, 1.807) is 17.9 Å². The molecule has 4 rings (SSSR count). The highest BCUT2D eigenvalue weighted by Gasteiger charge is 2.19. The highest BCUT2D eigenvalue weighted by Crippen LogP contribution is 2.36. The molecule has 2 N–H and O–H groups in total. The summed E-state index contributed by atoms with van der Waals surface area (Å²) >= 11 is 4.46. The molecule has 2 aromatic heterocycles. The molecule has 9 heteroatoms. The number of thiol groups is 1. The minimum Gasteiger partial charge on any atom is -0.508 e. The first-order valence-electron chi connectivity index (χ1n) is 8.50. The molecular weight excluding hydrogens is 380 g/mol. The van der Waals surface area contributed by atoms with E-state index in [2.05, 4.69) is 22.9 Å². The number of fused-ring (bicyclic) bond motifs is 1. The monoisotopic (exact) mass is 398 g/mol. The van der Waals surface area contributed by atoms with Crippen molar-refractivity contribution < 1.29 is 19.8 Å². The van der Waals surface area contributed by atoms with Crippen LogP contribution in [0.1, 0.15) is 0 Å². The number of ether oxygens (including phenoxy) is 1. The Labute approximate surface area is 165 Å². The van der Waals surface area contributed by atoms with Gasteiger partial charge in [-0.15, -0.1) is 17.7 Å². The van der Waals surface area contributed by atoms with Crippen LogP contribution in [0.2, 0.25) is 0 Å². The molecule has 0 amide bonds. The molecule has 4 aromatic rings. The average molecular weight is 398 g/mol. The molecule has 0 radical (unpaired) electrons. The second-order valence-electron chi connectivity index (χ2n) is 6.05. The van der Waals surface area contributed by atoms with Crippen molar-refractivity contribution in [1.82, 2.24) is 19.7 Å². The fraction of sp³-hybridized carbons (Fsp3) is 0.158. The maximum atomic E-state index is 10.3. The van der Waals surface area contributed by atoms with Gasteiger partial charge in [0.15, 0.2) is 0 Å². The van der Waals surface area contributed by atoms with Crippen molar-refractivity contribution in [3.05, 3.63) is 48.7 Å². The van der Waals surface area contributed by atoms with Gasteiger partial charge in [0.25, 0.3) is 0 Å². The van der Waals surface area contributed by atoms with Gasteiger partial charge < -0.3 is 19.8 Å². The molecule has 0 unspecified atom stereocenters. The summed E-state index contributed by atoms with van der Waals surface area (Å²) in [5.41, 5.74) is 2.69. The van der Waals surface area contributed by atoms with Gasteiger partial charge in [-0.05, 0) is 24.3 Å². The Kier molecular flexibility index (Phi) is 4.84. The first-order valence-corrected chi connectivity index (χ1v) is 8.94. The van der Waals surface area contributed by atoms with E-state index in [-0.39, 0.29) is 11.5 Å². The average Bonchev–Trinajstić information content (AvgIpc) is 3.26. The lowest BCUT2D eigenvalue weighted by Crippen LogP contribution is -2.15. The van der Waals surface area contributed by atoms with Crippen LogP contribution in [0.15, 0.2) is 53.7 Å². The Bertz CT molecular complexity index is 1140. The Hall–Kier alpha value is -3.17. The molecule has 2 heterocycles. The summed E-state index contributed by atoms with van der Waals surface area (Å²) in [5.74, 6) is -0.159. The van der Waals surface area contributed by atoms with Gasteiger partial charge >= 0.3 is 0 Å². The summed E-state index contributed by atoms with van der Waals surface area (Å²) in [7, 11) is 1.62. The number of hydrogen-bond acceptors (Lipinski definition) is 7. The SMILES string of the molecule is COCCOn1ccc2c(-c3c(S)nnn3-c3ccc(O)cc3O)cccc21. The van der Waals surface area contributed by atoms with E-state index < -0.39 is 0 Å². The summed E-state index contributed by atoms with van der Waals surface area (Å²) in [6.45, 7) is 0.903. The normalized spacial score (nSPS) is 11.2. The van der Waals surface area contributed by atoms with Crippen molar-refractivity contribution in [2.45, 2.75) is 5.03 Å². The van der Waals surface area contributed by atoms with Crippen LogP contribution in [-0.4, -0.2) is 50.3 Å². The summed E-state index contributed by atoms with van der Waals surface area (Å²) < 4.78 is 8.20. The zero-order valence-electron chi connectivity index (χ0n) is 15.0. The van der Waals surface area contributed by atoms with Gasteiger partial charge in [-0.1, -0.05) is 17.3 Å². The van der Waals surface area contributed by atoms with E-state index in [1.165, 1.54) is 16.8 Å². The van der Waals surface area contributed by atoms with Crippen molar-refractivity contribution in [2.24, 2.45) is 0 Å². The molecule has 0 aliphatic rings. The number of benzene rings is 2. The van der Waals surface area contributed by atoms with Crippen LogP contribution in [0, 0.1) is 0 Å². The van der Waals surface area contributed by atoms with Crippen LogP contribution in [0.25, 0.3) is 27.8 Å². The smallest absolute Gasteiger partial charge is 0.145 e. The van der Waals surface area contributed by atoms with Crippen molar-refractivity contribution in [3.63, 3.8) is 0 Å². The van der Waals surface area contributed by atoms with Crippen LogP contribution in [0.3, 0.4) is 0 Å². The second-order valence-corrected chi connectivity index (χ2v) is 6.48. The van der Waals surface area contributed by atoms with Gasteiger partial charge in [0, 0.05) is 30.3 Å². The molecule has 0 bridgehead atoms. The van der Waals surface area contributed by atoms with Gasteiger partial charge in [-0.2, -0.15) is 4.73 Å². The fourth-order valence-electron chi connectivity index (χ4n) is 3.05. The molecular formula is C19H18N4O4S. The fourth-order valence-corrected chi connectivity index (χ4v) is 3.30. The first kappa shape index (κ1) is 18.2. The van der Waals surface area contributed by atoms with Crippen molar-refractivity contribution in [2.75, 3.05) is 20.3 Å². The van der Waals surface area contributed by atoms with E-state index in [0.29, 0.717) is 29.6 Å². The quantitative estimate of drug-likeness (QED) is 0.341. The van der Waals surface area contributed by atoms with Gasteiger partial charge in [0.05, 0.1) is 12.1 Å². The highest BCUT2D eigenvalue weighted by atomic mass is 32.1. The van der Waals surface area contributed by atoms with Crippen molar-refractivity contribution >= 4 is 23.5 Å². The number of phenolic OH excluding ortho intramolecular Hbond substituents is 2. The van der Waals surface area contributed by atoms with Crippen LogP contribution in [0.5, 0.6) is 11.5 Å². The number of phenols is 2. The molecule has 0 spiro atoms. The zero-order chi connectivity index (χ0) is 19.7. The van der Waals surface area contributed by atoms with E-state index in [4.69, 9.17) is 9.57 Å². The number of methoxy groups -OCH3 is 1. The Balaban J connectivity index is 1.84. The zero-order valence-corrected chi connectivity index (χ0v) is 15.9. The Morgan fingerprint density at radius 2 is 1.96 bits per heavy atom. The first-order chi connectivity index (χ1) is 13.6. The predicted octanol–water partition coefficient (Wildman–Crippen LogP) is 2.66. The van der Waals surface area contributed by atoms with E-state index in [0.717, 1.165) is 16.5 Å². The molecule has 0 fully saturated rings.